The summed E-state index contributed by atoms with van der Waals surface area (Å²) in [5, 5.41) is 8.12. The van der Waals surface area contributed by atoms with E-state index in [4.69, 9.17) is 16.3 Å². The molecule has 0 saturated heterocycles. The number of amides is 1. The zero-order valence-corrected chi connectivity index (χ0v) is 18.1. The molecule has 0 bridgehead atoms. The smallest absolute Gasteiger partial charge is 0.233 e. The van der Waals surface area contributed by atoms with Gasteiger partial charge in [0.15, 0.2) is 5.82 Å². The normalized spacial score (nSPS) is 15.7. The molecule has 28 heavy (non-hydrogen) atoms. The third-order valence-corrected chi connectivity index (χ3v) is 6.58. The minimum absolute atomic E-state index is 0.0168. The Bertz CT molecular complexity index is 790. The minimum atomic E-state index is -0.222. The fourth-order valence-electron chi connectivity index (χ4n) is 3.82. The number of carbonyl (C=O) groups is 1. The zero-order chi connectivity index (χ0) is 19.9. The lowest BCUT2D eigenvalue weighted by atomic mass is 9.87. The molecule has 0 spiro atoms. The number of methoxy groups -OCH3 is 1. The number of ether oxygens (including phenoxy) is 1. The predicted octanol–water partition coefficient (Wildman–Crippen LogP) is 5.21. The second-order valence-electron chi connectivity index (χ2n) is 7.28. The fourth-order valence-corrected chi connectivity index (χ4v) is 4.70. The van der Waals surface area contributed by atoms with Crippen LogP contribution in [0.5, 0.6) is 0 Å². The molecule has 1 fully saturated rings. The number of nitrogens with zero attached hydrogens (tertiary/aromatic N) is 2. The van der Waals surface area contributed by atoms with Gasteiger partial charge in [0.25, 0.3) is 0 Å². The van der Waals surface area contributed by atoms with Crippen LogP contribution in [0.1, 0.15) is 43.6 Å². The van der Waals surface area contributed by atoms with Crippen molar-refractivity contribution < 1.29 is 9.53 Å². The van der Waals surface area contributed by atoms with Crippen LogP contribution in [0.4, 0.5) is 5.82 Å². The summed E-state index contributed by atoms with van der Waals surface area (Å²) < 4.78 is 6.85. The van der Waals surface area contributed by atoms with Crippen molar-refractivity contribution in [3.8, 4) is 0 Å². The van der Waals surface area contributed by atoms with Crippen LogP contribution in [-0.4, -0.2) is 35.7 Å². The van der Waals surface area contributed by atoms with E-state index in [0.717, 1.165) is 16.9 Å². The van der Waals surface area contributed by atoms with Crippen molar-refractivity contribution >= 4 is 35.1 Å². The van der Waals surface area contributed by atoms with Gasteiger partial charge < -0.3 is 10.1 Å². The number of nitrogens with one attached hydrogen (secondary N) is 1. The average Bonchev–Trinajstić information content (AvgIpc) is 3.36. The summed E-state index contributed by atoms with van der Waals surface area (Å²) in [7, 11) is 1.66. The Morgan fingerprint density at radius 2 is 2.18 bits per heavy atom. The van der Waals surface area contributed by atoms with Gasteiger partial charge in [0, 0.05) is 24.3 Å². The highest BCUT2D eigenvalue weighted by Crippen LogP contribution is 2.37. The summed E-state index contributed by atoms with van der Waals surface area (Å²) in [5.74, 6) is 0.927. The minimum Gasteiger partial charge on any atom is -0.383 e. The summed E-state index contributed by atoms with van der Waals surface area (Å²) >= 11 is 8.04. The van der Waals surface area contributed by atoms with Crippen molar-refractivity contribution in [1.29, 1.82) is 0 Å². The number of hydrogen-bond donors (Lipinski definition) is 1. The largest absolute Gasteiger partial charge is 0.383 e. The van der Waals surface area contributed by atoms with Crippen molar-refractivity contribution in [1.82, 2.24) is 9.78 Å². The van der Waals surface area contributed by atoms with Gasteiger partial charge in [-0.2, -0.15) is 5.10 Å². The van der Waals surface area contributed by atoms with E-state index >= 15 is 0 Å². The SMILES string of the molecule is COCCn1ccc(NC(=O)[C@H](CC2CCCC2)c2ccc(SC)c(Cl)c2)n1. The molecule has 1 atom stereocenters. The van der Waals surface area contributed by atoms with Crippen LogP contribution in [0.2, 0.25) is 5.02 Å². The lowest BCUT2D eigenvalue weighted by molar-refractivity contribution is -0.118. The van der Waals surface area contributed by atoms with Crippen molar-refractivity contribution in [3.63, 3.8) is 0 Å². The second kappa shape index (κ2) is 10.3. The Labute approximate surface area is 176 Å². The molecule has 0 unspecified atom stereocenters. The highest BCUT2D eigenvalue weighted by atomic mass is 35.5. The molecule has 0 aliphatic heterocycles. The molecular formula is C21H28ClN3O2S. The highest BCUT2D eigenvalue weighted by molar-refractivity contribution is 7.98. The zero-order valence-electron chi connectivity index (χ0n) is 16.5. The Morgan fingerprint density at radius 3 is 2.86 bits per heavy atom. The van der Waals surface area contributed by atoms with E-state index in [1.807, 2.05) is 36.7 Å². The molecule has 1 aliphatic rings. The summed E-state index contributed by atoms with van der Waals surface area (Å²) in [6, 6.07) is 7.82. The summed E-state index contributed by atoms with van der Waals surface area (Å²) in [6.07, 6.45) is 9.63. The van der Waals surface area contributed by atoms with Gasteiger partial charge in [-0.05, 0) is 36.3 Å². The Hall–Kier alpha value is -1.50. The van der Waals surface area contributed by atoms with Crippen LogP contribution in [-0.2, 0) is 16.1 Å². The monoisotopic (exact) mass is 421 g/mol. The van der Waals surface area contributed by atoms with Crippen molar-refractivity contribution in [3.05, 3.63) is 41.0 Å². The van der Waals surface area contributed by atoms with E-state index in [1.54, 1.807) is 23.6 Å². The van der Waals surface area contributed by atoms with Gasteiger partial charge in [0.05, 0.1) is 24.1 Å². The fraction of sp³-hybridized carbons (Fsp3) is 0.524. The van der Waals surface area contributed by atoms with E-state index in [0.29, 0.717) is 29.9 Å². The van der Waals surface area contributed by atoms with E-state index in [-0.39, 0.29) is 11.8 Å². The highest BCUT2D eigenvalue weighted by Gasteiger charge is 2.27. The van der Waals surface area contributed by atoms with Crippen LogP contribution < -0.4 is 5.32 Å². The van der Waals surface area contributed by atoms with Crippen molar-refractivity contribution in [2.45, 2.75) is 49.5 Å². The number of rotatable bonds is 9. The number of thioether (sulfide) groups is 1. The topological polar surface area (TPSA) is 56.1 Å². The van der Waals surface area contributed by atoms with Crippen LogP contribution in [0, 0.1) is 5.92 Å². The van der Waals surface area contributed by atoms with Gasteiger partial charge in [0.2, 0.25) is 5.91 Å². The van der Waals surface area contributed by atoms with E-state index in [2.05, 4.69) is 10.4 Å². The third kappa shape index (κ3) is 5.52. The standard InChI is InChI=1S/C21H28ClN3O2S/c1-27-12-11-25-10-9-20(24-25)23-21(26)17(13-15-5-3-4-6-15)16-7-8-19(28-2)18(22)14-16/h7-10,14-15,17H,3-6,11-13H2,1-2H3,(H,23,24,26)/t17-/m1/s1. The number of anilines is 1. The first kappa shape index (κ1) is 21.2. The molecule has 1 N–H and O–H groups in total. The molecule has 2 aromatic rings. The van der Waals surface area contributed by atoms with Gasteiger partial charge in [-0.15, -0.1) is 11.8 Å². The van der Waals surface area contributed by atoms with E-state index in [9.17, 15) is 4.79 Å². The maximum absolute atomic E-state index is 13.2. The van der Waals surface area contributed by atoms with Crippen LogP contribution in [0.3, 0.4) is 0 Å². The molecule has 1 saturated carbocycles. The van der Waals surface area contributed by atoms with Gasteiger partial charge in [0.1, 0.15) is 0 Å². The molecule has 1 heterocycles. The molecule has 1 aromatic carbocycles. The van der Waals surface area contributed by atoms with E-state index in [1.165, 1.54) is 25.7 Å². The lowest BCUT2D eigenvalue weighted by Gasteiger charge is -2.21. The van der Waals surface area contributed by atoms with Crippen LogP contribution >= 0.6 is 23.4 Å². The molecule has 1 amide bonds. The summed E-state index contributed by atoms with van der Waals surface area (Å²) in [4.78, 5) is 14.2. The maximum Gasteiger partial charge on any atom is 0.233 e. The first-order valence-electron chi connectivity index (χ1n) is 9.77. The van der Waals surface area contributed by atoms with E-state index < -0.39 is 0 Å². The maximum atomic E-state index is 13.2. The first-order chi connectivity index (χ1) is 13.6. The number of aromatic nitrogens is 2. The van der Waals surface area contributed by atoms with Crippen molar-refractivity contribution in [2.24, 2.45) is 5.92 Å². The molecule has 5 nitrogen and oxygen atoms in total. The van der Waals surface area contributed by atoms with Crippen LogP contribution in [0.25, 0.3) is 0 Å². The molecule has 152 valence electrons. The van der Waals surface area contributed by atoms with Crippen molar-refractivity contribution in [2.75, 3.05) is 25.3 Å². The molecule has 1 aromatic heterocycles. The second-order valence-corrected chi connectivity index (χ2v) is 8.53. The predicted molar refractivity (Wildman–Crippen MR) is 115 cm³/mol. The quantitative estimate of drug-likeness (QED) is 0.565. The summed E-state index contributed by atoms with van der Waals surface area (Å²) in [5.41, 5.74) is 0.978. The van der Waals surface area contributed by atoms with Gasteiger partial charge in [-0.3, -0.25) is 9.48 Å². The molecule has 0 radical (unpaired) electrons. The Balaban J connectivity index is 1.76. The van der Waals surface area contributed by atoms with Gasteiger partial charge in [-0.1, -0.05) is 43.4 Å². The van der Waals surface area contributed by atoms with Gasteiger partial charge >= 0.3 is 0 Å². The summed E-state index contributed by atoms with van der Waals surface area (Å²) in [6.45, 7) is 1.24. The first-order valence-corrected chi connectivity index (χ1v) is 11.4. The molecular weight excluding hydrogens is 394 g/mol. The third-order valence-electron chi connectivity index (χ3n) is 5.35. The van der Waals surface area contributed by atoms with Crippen LogP contribution in [0.15, 0.2) is 35.4 Å². The van der Waals surface area contributed by atoms with Gasteiger partial charge in [-0.25, -0.2) is 0 Å². The number of hydrogen-bond acceptors (Lipinski definition) is 4. The Kier molecular flexibility index (Phi) is 7.82. The average molecular weight is 422 g/mol. The molecule has 1 aliphatic carbocycles. The number of carbonyl (C=O) groups excluding carboxylic acids is 1. The molecule has 7 heteroatoms. The Morgan fingerprint density at radius 1 is 1.39 bits per heavy atom. The molecule has 3 rings (SSSR count). The number of benzene rings is 1. The number of halogens is 1. The lowest BCUT2D eigenvalue weighted by Crippen LogP contribution is -2.23.